The molecular weight excluding hydrogens is 321 g/mol. The minimum Gasteiger partial charge on any atom is -0.481 e. The summed E-state index contributed by atoms with van der Waals surface area (Å²) < 4.78 is 20.8. The quantitative estimate of drug-likeness (QED) is 0.617. The number of ether oxygens (including phenoxy) is 1. The summed E-state index contributed by atoms with van der Waals surface area (Å²) >= 11 is 0. The van der Waals surface area contributed by atoms with Crippen molar-refractivity contribution in [3.63, 3.8) is 0 Å². The molecule has 0 saturated carbocycles. The van der Waals surface area contributed by atoms with Gasteiger partial charge in [-0.2, -0.15) is 5.10 Å². The summed E-state index contributed by atoms with van der Waals surface area (Å²) in [5, 5.41) is 3.96. The lowest BCUT2D eigenvalue weighted by atomic mass is 10.2. The van der Waals surface area contributed by atoms with Crippen LogP contribution in [0.1, 0.15) is 30.8 Å². The number of benzene rings is 1. The van der Waals surface area contributed by atoms with E-state index in [4.69, 9.17) is 4.74 Å². The lowest BCUT2D eigenvalue weighted by Gasteiger charge is -2.11. The van der Waals surface area contributed by atoms with E-state index in [1.54, 1.807) is 18.3 Å². The van der Waals surface area contributed by atoms with Gasteiger partial charge in [-0.3, -0.25) is 4.79 Å². The van der Waals surface area contributed by atoms with Crippen LogP contribution in [0.3, 0.4) is 0 Å². The molecule has 0 spiro atoms. The highest BCUT2D eigenvalue weighted by Gasteiger charge is 2.09. The third-order valence-electron chi connectivity index (χ3n) is 3.75. The van der Waals surface area contributed by atoms with E-state index in [2.05, 4.69) is 28.9 Å². The van der Waals surface area contributed by atoms with Crippen LogP contribution in [0.25, 0.3) is 0 Å². The van der Waals surface area contributed by atoms with Crippen LogP contribution in [0.5, 0.6) is 5.75 Å². The molecule has 0 unspecified atom stereocenters. The number of hydrogen-bond donors (Lipinski definition) is 1. The molecule has 1 aromatic carbocycles. The van der Waals surface area contributed by atoms with Crippen LogP contribution in [0.2, 0.25) is 0 Å². The monoisotopic (exact) mass is 345 g/mol. The van der Waals surface area contributed by atoms with Crippen LogP contribution in [-0.4, -0.2) is 23.3 Å². The third kappa shape index (κ3) is 5.17. The summed E-state index contributed by atoms with van der Waals surface area (Å²) in [6, 6.07) is 7.97. The van der Waals surface area contributed by atoms with Gasteiger partial charge in [0.15, 0.2) is 18.2 Å². The normalized spacial score (nSPS) is 11.3. The fourth-order valence-corrected chi connectivity index (χ4v) is 2.52. The number of carbonyl (C=O) groups is 1. The van der Waals surface area contributed by atoms with E-state index in [-0.39, 0.29) is 12.4 Å². The molecule has 1 N–H and O–H groups in total. The van der Waals surface area contributed by atoms with Gasteiger partial charge in [0.05, 0.1) is 6.21 Å². The first-order chi connectivity index (χ1) is 11.9. The SMILES string of the molecule is Cc1cc(/C=N/NC(=O)COc2ccccc2F)c(C)n1CC(C)C. The average molecular weight is 345 g/mol. The molecule has 0 saturated heterocycles. The second-order valence-corrected chi connectivity index (χ2v) is 6.34. The maximum absolute atomic E-state index is 13.4. The Morgan fingerprint density at radius 3 is 2.76 bits per heavy atom. The molecular formula is C19H24FN3O2. The Hall–Kier alpha value is -2.63. The highest BCUT2D eigenvalue weighted by atomic mass is 19.1. The number of aryl methyl sites for hydroxylation is 1. The number of nitrogens with one attached hydrogen (secondary N) is 1. The molecule has 1 aromatic heterocycles. The number of halogens is 1. The van der Waals surface area contributed by atoms with Gasteiger partial charge in [0.2, 0.25) is 0 Å². The molecule has 0 bridgehead atoms. The number of hydrazone groups is 1. The first kappa shape index (κ1) is 18.7. The molecule has 2 aromatic rings. The summed E-state index contributed by atoms with van der Waals surface area (Å²) in [4.78, 5) is 11.7. The van der Waals surface area contributed by atoms with Crippen LogP contribution in [-0.2, 0) is 11.3 Å². The smallest absolute Gasteiger partial charge is 0.277 e. The van der Waals surface area contributed by atoms with Gasteiger partial charge in [0.1, 0.15) is 0 Å². The standard InChI is InChI=1S/C19H24FN3O2/c1-13(2)11-23-14(3)9-16(15(23)4)10-21-22-19(24)12-25-18-8-6-5-7-17(18)20/h5-10,13H,11-12H2,1-4H3,(H,22,24)/b21-10+. The molecule has 1 heterocycles. The maximum Gasteiger partial charge on any atom is 0.277 e. The van der Waals surface area contributed by atoms with Crippen molar-refractivity contribution in [2.75, 3.05) is 6.61 Å². The maximum atomic E-state index is 13.4. The first-order valence-electron chi connectivity index (χ1n) is 8.24. The van der Waals surface area contributed by atoms with Gasteiger partial charge in [-0.25, -0.2) is 9.82 Å². The van der Waals surface area contributed by atoms with Gasteiger partial charge in [0, 0.05) is 23.5 Å². The van der Waals surface area contributed by atoms with Crippen LogP contribution in [0.4, 0.5) is 4.39 Å². The third-order valence-corrected chi connectivity index (χ3v) is 3.75. The summed E-state index contributed by atoms with van der Waals surface area (Å²) in [6.07, 6.45) is 1.61. The number of nitrogens with zero attached hydrogens (tertiary/aromatic N) is 2. The average Bonchev–Trinajstić information content (AvgIpc) is 2.81. The van der Waals surface area contributed by atoms with E-state index < -0.39 is 11.7 Å². The number of para-hydroxylation sites is 1. The van der Waals surface area contributed by atoms with Crippen molar-refractivity contribution in [2.24, 2.45) is 11.0 Å². The molecule has 6 heteroatoms. The number of amides is 1. The van der Waals surface area contributed by atoms with Crippen molar-refractivity contribution >= 4 is 12.1 Å². The van der Waals surface area contributed by atoms with Crippen molar-refractivity contribution in [3.05, 3.63) is 53.1 Å². The molecule has 25 heavy (non-hydrogen) atoms. The van der Waals surface area contributed by atoms with Crippen molar-refractivity contribution in [2.45, 2.75) is 34.2 Å². The van der Waals surface area contributed by atoms with E-state index in [9.17, 15) is 9.18 Å². The Morgan fingerprint density at radius 2 is 2.08 bits per heavy atom. The Labute approximate surface area is 147 Å². The zero-order valence-electron chi connectivity index (χ0n) is 15.0. The van der Waals surface area contributed by atoms with Crippen LogP contribution in [0, 0.1) is 25.6 Å². The largest absolute Gasteiger partial charge is 0.481 e. The summed E-state index contributed by atoms with van der Waals surface area (Å²) in [5.41, 5.74) is 5.60. The van der Waals surface area contributed by atoms with Crippen LogP contribution >= 0.6 is 0 Å². The number of carbonyl (C=O) groups excluding carboxylic acids is 1. The van der Waals surface area contributed by atoms with Crippen molar-refractivity contribution in [3.8, 4) is 5.75 Å². The Morgan fingerprint density at radius 1 is 1.36 bits per heavy atom. The predicted octanol–water partition coefficient (Wildman–Crippen LogP) is 3.43. The Kier molecular flexibility index (Phi) is 6.33. The summed E-state index contributed by atoms with van der Waals surface area (Å²) in [5.74, 6) is -0.365. The van der Waals surface area contributed by atoms with Gasteiger partial charge in [0.25, 0.3) is 5.91 Å². The number of aromatic nitrogens is 1. The molecule has 0 fully saturated rings. The molecule has 2 rings (SSSR count). The summed E-state index contributed by atoms with van der Waals surface area (Å²) in [6.45, 7) is 9.05. The van der Waals surface area contributed by atoms with E-state index in [0.717, 1.165) is 23.5 Å². The molecule has 1 amide bonds. The highest BCUT2D eigenvalue weighted by molar-refractivity contribution is 5.84. The van der Waals surface area contributed by atoms with Gasteiger partial charge < -0.3 is 9.30 Å². The molecule has 0 aliphatic heterocycles. The predicted molar refractivity (Wildman–Crippen MR) is 96.4 cm³/mol. The molecule has 0 aliphatic carbocycles. The first-order valence-corrected chi connectivity index (χ1v) is 8.24. The van der Waals surface area contributed by atoms with Crippen LogP contribution in [0.15, 0.2) is 35.4 Å². The van der Waals surface area contributed by atoms with Crippen molar-refractivity contribution < 1.29 is 13.9 Å². The lowest BCUT2D eigenvalue weighted by molar-refractivity contribution is -0.123. The van der Waals surface area contributed by atoms with Gasteiger partial charge in [-0.15, -0.1) is 0 Å². The van der Waals surface area contributed by atoms with E-state index in [0.29, 0.717) is 5.92 Å². The minimum absolute atomic E-state index is 0.0406. The van der Waals surface area contributed by atoms with Crippen molar-refractivity contribution in [1.82, 2.24) is 9.99 Å². The number of hydrogen-bond acceptors (Lipinski definition) is 3. The topological polar surface area (TPSA) is 55.6 Å². The number of rotatable bonds is 7. The zero-order chi connectivity index (χ0) is 18.4. The fraction of sp³-hybridized carbons (Fsp3) is 0.368. The molecule has 0 atom stereocenters. The molecule has 134 valence electrons. The highest BCUT2D eigenvalue weighted by Crippen LogP contribution is 2.16. The van der Waals surface area contributed by atoms with Gasteiger partial charge in [-0.05, 0) is 38.0 Å². The molecule has 0 aliphatic rings. The minimum atomic E-state index is -0.503. The Balaban J connectivity index is 1.90. The zero-order valence-corrected chi connectivity index (χ0v) is 15.0. The molecule has 5 nitrogen and oxygen atoms in total. The van der Waals surface area contributed by atoms with Crippen LogP contribution < -0.4 is 10.2 Å². The second kappa shape index (κ2) is 8.46. The van der Waals surface area contributed by atoms with Gasteiger partial charge in [-0.1, -0.05) is 26.0 Å². The van der Waals surface area contributed by atoms with E-state index >= 15 is 0 Å². The second-order valence-electron chi connectivity index (χ2n) is 6.34. The summed E-state index contributed by atoms with van der Waals surface area (Å²) in [7, 11) is 0. The lowest BCUT2D eigenvalue weighted by Crippen LogP contribution is -2.24. The van der Waals surface area contributed by atoms with Gasteiger partial charge >= 0.3 is 0 Å². The van der Waals surface area contributed by atoms with E-state index in [1.165, 1.54) is 12.1 Å². The van der Waals surface area contributed by atoms with E-state index in [1.807, 2.05) is 19.9 Å². The Bertz CT molecular complexity index is 766. The van der Waals surface area contributed by atoms with Crippen molar-refractivity contribution in [1.29, 1.82) is 0 Å². The molecule has 0 radical (unpaired) electrons. The fourth-order valence-electron chi connectivity index (χ4n) is 2.52.